The van der Waals surface area contributed by atoms with Gasteiger partial charge in [-0.25, -0.2) is 9.97 Å². The molecule has 0 aliphatic heterocycles. The third kappa shape index (κ3) is 4.72. The van der Waals surface area contributed by atoms with Crippen LogP contribution >= 0.6 is 11.8 Å². The summed E-state index contributed by atoms with van der Waals surface area (Å²) in [6.45, 7) is -1.43. The molecule has 3 aromatic rings. The predicted molar refractivity (Wildman–Crippen MR) is 80.5 cm³/mol. The second-order valence-corrected chi connectivity index (χ2v) is 6.00. The van der Waals surface area contributed by atoms with Crippen LogP contribution in [0.3, 0.4) is 0 Å². The second-order valence-electron chi connectivity index (χ2n) is 5.07. The minimum atomic E-state index is -4.71. The van der Waals surface area contributed by atoms with Gasteiger partial charge < -0.3 is 0 Å². The first kappa shape index (κ1) is 19.1. The quantitative estimate of drug-likeness (QED) is 0.484. The van der Waals surface area contributed by atoms with Crippen LogP contribution in [-0.4, -0.2) is 35.9 Å². The lowest BCUT2D eigenvalue weighted by Crippen LogP contribution is -2.19. The predicted octanol–water partition coefficient (Wildman–Crippen LogP) is 3.86. The Morgan fingerprint density at radius 3 is 2.26 bits per heavy atom. The third-order valence-corrected chi connectivity index (χ3v) is 3.96. The number of alkyl halides is 6. The zero-order valence-corrected chi connectivity index (χ0v) is 13.8. The maximum Gasteiger partial charge on any atom is 0.433 e. The minimum Gasteiger partial charge on any atom is -0.292 e. The fourth-order valence-corrected chi connectivity index (χ4v) is 2.79. The van der Waals surface area contributed by atoms with Crippen molar-refractivity contribution in [2.75, 3.05) is 0 Å². The molecule has 0 bridgehead atoms. The highest BCUT2D eigenvalue weighted by Crippen LogP contribution is 2.32. The molecular weight excluding hydrogens is 398 g/mol. The highest BCUT2D eigenvalue weighted by atomic mass is 32.2. The zero-order chi connectivity index (χ0) is 19.7. The van der Waals surface area contributed by atoms with Crippen LogP contribution < -0.4 is 0 Å². The summed E-state index contributed by atoms with van der Waals surface area (Å²) in [6.07, 6.45) is -5.71. The standard InChI is InChI=1S/C14H8F6N6S/c15-13(16,17)7-26-10(8-1-4-21-5-2-8)24-25-12(26)27-11-22-6-3-9(23-11)14(18,19)20/h1-6H,7H2. The maximum atomic E-state index is 13.0. The SMILES string of the molecule is FC(F)(F)Cn1c(Sc2nccc(C(F)(F)F)n2)nnc1-c1ccncc1. The van der Waals surface area contributed by atoms with Gasteiger partial charge in [-0.2, -0.15) is 26.3 Å². The van der Waals surface area contributed by atoms with Crippen LogP contribution in [0, 0.1) is 0 Å². The average molecular weight is 406 g/mol. The Balaban J connectivity index is 2.00. The van der Waals surface area contributed by atoms with Crippen LogP contribution in [-0.2, 0) is 12.7 Å². The van der Waals surface area contributed by atoms with Crippen LogP contribution in [0.2, 0.25) is 0 Å². The van der Waals surface area contributed by atoms with Gasteiger partial charge in [-0.15, -0.1) is 10.2 Å². The molecule has 13 heteroatoms. The van der Waals surface area contributed by atoms with E-state index in [-0.39, 0.29) is 11.0 Å². The van der Waals surface area contributed by atoms with Crippen molar-refractivity contribution in [2.24, 2.45) is 0 Å². The summed E-state index contributed by atoms with van der Waals surface area (Å²) in [5, 5.41) is 6.69. The van der Waals surface area contributed by atoms with E-state index in [0.717, 1.165) is 10.8 Å². The molecule has 0 N–H and O–H groups in total. The minimum absolute atomic E-state index is 0.107. The summed E-state index contributed by atoms with van der Waals surface area (Å²) in [5.74, 6) is -0.107. The van der Waals surface area contributed by atoms with E-state index in [2.05, 4.69) is 25.1 Å². The monoisotopic (exact) mass is 406 g/mol. The molecular formula is C14H8F6N6S. The largest absolute Gasteiger partial charge is 0.433 e. The molecule has 0 aromatic carbocycles. The van der Waals surface area contributed by atoms with Gasteiger partial charge >= 0.3 is 12.4 Å². The van der Waals surface area contributed by atoms with Gasteiger partial charge in [-0.1, -0.05) is 0 Å². The maximum absolute atomic E-state index is 13.0. The summed E-state index contributed by atoms with van der Waals surface area (Å²) < 4.78 is 77.9. The molecule has 0 radical (unpaired) electrons. The number of hydrogen-bond acceptors (Lipinski definition) is 6. The molecule has 0 saturated heterocycles. The summed E-state index contributed by atoms with van der Waals surface area (Å²) in [6, 6.07) is 3.53. The van der Waals surface area contributed by atoms with Gasteiger partial charge in [0.25, 0.3) is 0 Å². The molecule has 0 aliphatic rings. The smallest absolute Gasteiger partial charge is 0.292 e. The molecule has 3 aromatic heterocycles. The molecule has 3 rings (SSSR count). The van der Waals surface area contributed by atoms with Crippen molar-refractivity contribution in [1.29, 1.82) is 0 Å². The van der Waals surface area contributed by atoms with Crippen LogP contribution in [0.15, 0.2) is 47.1 Å². The molecule has 6 nitrogen and oxygen atoms in total. The van der Waals surface area contributed by atoms with Gasteiger partial charge in [0.05, 0.1) is 0 Å². The normalized spacial score (nSPS) is 12.4. The Hall–Kier alpha value is -2.70. The summed E-state index contributed by atoms with van der Waals surface area (Å²) >= 11 is 0.452. The summed E-state index contributed by atoms with van der Waals surface area (Å²) in [7, 11) is 0. The Bertz CT molecular complexity index is 924. The molecule has 0 aliphatic carbocycles. The van der Waals surface area contributed by atoms with Crippen molar-refractivity contribution in [3.8, 4) is 11.4 Å². The number of rotatable bonds is 4. The van der Waals surface area contributed by atoms with Gasteiger partial charge in [0.2, 0.25) is 0 Å². The molecule has 0 spiro atoms. The van der Waals surface area contributed by atoms with E-state index in [9.17, 15) is 26.3 Å². The van der Waals surface area contributed by atoms with Crippen LogP contribution in [0.25, 0.3) is 11.4 Å². The number of pyridine rings is 1. The molecule has 3 heterocycles. The Kier molecular flexibility index (Phi) is 5.04. The Morgan fingerprint density at radius 1 is 0.926 bits per heavy atom. The van der Waals surface area contributed by atoms with E-state index >= 15 is 0 Å². The summed E-state index contributed by atoms with van der Waals surface area (Å²) in [4.78, 5) is 10.7. The first-order valence-corrected chi connectivity index (χ1v) is 7.93. The molecule has 0 unspecified atom stereocenters. The molecule has 142 valence electrons. The number of halogens is 6. The lowest BCUT2D eigenvalue weighted by atomic mass is 10.2. The Labute approximate surface area is 151 Å². The van der Waals surface area contributed by atoms with Gasteiger partial charge in [0, 0.05) is 24.2 Å². The molecule has 0 fully saturated rings. The fraction of sp³-hybridized carbons (Fsp3) is 0.214. The molecule has 0 atom stereocenters. The molecule has 27 heavy (non-hydrogen) atoms. The second kappa shape index (κ2) is 7.13. The van der Waals surface area contributed by atoms with E-state index in [1.165, 1.54) is 24.5 Å². The van der Waals surface area contributed by atoms with Crippen LogP contribution in [0.5, 0.6) is 0 Å². The molecule has 0 amide bonds. The van der Waals surface area contributed by atoms with E-state index in [1.54, 1.807) is 0 Å². The van der Waals surface area contributed by atoms with Gasteiger partial charge in [0.1, 0.15) is 12.2 Å². The third-order valence-electron chi connectivity index (χ3n) is 3.10. The fourth-order valence-electron chi connectivity index (χ4n) is 2.03. The lowest BCUT2D eigenvalue weighted by molar-refractivity contribution is -0.142. The lowest BCUT2D eigenvalue weighted by Gasteiger charge is -2.12. The van der Waals surface area contributed by atoms with Crippen molar-refractivity contribution < 1.29 is 26.3 Å². The van der Waals surface area contributed by atoms with E-state index in [0.29, 0.717) is 23.4 Å². The van der Waals surface area contributed by atoms with Crippen LogP contribution in [0.1, 0.15) is 5.69 Å². The van der Waals surface area contributed by atoms with Crippen molar-refractivity contribution in [3.63, 3.8) is 0 Å². The first-order valence-electron chi connectivity index (χ1n) is 7.12. The van der Waals surface area contributed by atoms with Gasteiger partial charge in [-0.3, -0.25) is 9.55 Å². The van der Waals surface area contributed by atoms with Gasteiger partial charge in [0.15, 0.2) is 16.1 Å². The average Bonchev–Trinajstić information content (AvgIpc) is 2.96. The van der Waals surface area contributed by atoms with Crippen molar-refractivity contribution in [3.05, 3.63) is 42.5 Å². The zero-order valence-electron chi connectivity index (χ0n) is 13.0. The van der Waals surface area contributed by atoms with E-state index in [4.69, 9.17) is 0 Å². The summed E-state index contributed by atoms with van der Waals surface area (Å²) in [5.41, 5.74) is -0.894. The van der Waals surface area contributed by atoms with Crippen LogP contribution in [0.4, 0.5) is 26.3 Å². The van der Waals surface area contributed by atoms with Gasteiger partial charge in [-0.05, 0) is 30.0 Å². The Morgan fingerprint density at radius 2 is 1.63 bits per heavy atom. The topological polar surface area (TPSA) is 69.4 Å². The number of hydrogen-bond donors (Lipinski definition) is 0. The van der Waals surface area contributed by atoms with E-state index in [1.807, 2.05) is 0 Å². The number of nitrogens with zero attached hydrogens (tertiary/aromatic N) is 6. The molecule has 0 saturated carbocycles. The van der Waals surface area contributed by atoms with Crippen molar-refractivity contribution >= 4 is 11.8 Å². The highest BCUT2D eigenvalue weighted by Gasteiger charge is 2.34. The van der Waals surface area contributed by atoms with E-state index < -0.39 is 29.7 Å². The van der Waals surface area contributed by atoms with Crippen molar-refractivity contribution in [2.45, 2.75) is 29.2 Å². The highest BCUT2D eigenvalue weighted by molar-refractivity contribution is 7.99. The van der Waals surface area contributed by atoms with Crippen molar-refractivity contribution in [1.82, 2.24) is 29.7 Å². The number of aromatic nitrogens is 6. The first-order chi connectivity index (χ1) is 12.6.